The highest BCUT2D eigenvalue weighted by molar-refractivity contribution is 5.87. The zero-order valence-corrected chi connectivity index (χ0v) is 8.45. The van der Waals surface area contributed by atoms with Crippen LogP contribution in [-0.4, -0.2) is 11.1 Å². The molecule has 1 aromatic rings. The predicted molar refractivity (Wildman–Crippen MR) is 55.4 cm³/mol. The lowest BCUT2D eigenvalue weighted by atomic mass is 9.97. The van der Waals surface area contributed by atoms with Crippen LogP contribution in [0.15, 0.2) is 18.2 Å². The lowest BCUT2D eigenvalue weighted by Crippen LogP contribution is -2.11. The van der Waals surface area contributed by atoms with Crippen LogP contribution in [0.4, 0.5) is 0 Å². The van der Waals surface area contributed by atoms with Gasteiger partial charge in [0, 0.05) is 6.04 Å². The number of rotatable bonds is 3. The van der Waals surface area contributed by atoms with Crippen LogP contribution < -0.4 is 5.73 Å². The maximum absolute atomic E-state index is 10.7. The van der Waals surface area contributed by atoms with Crippen molar-refractivity contribution in [1.82, 2.24) is 0 Å². The number of carboxylic acids is 1. The van der Waals surface area contributed by atoms with Crippen LogP contribution in [0.2, 0.25) is 0 Å². The Morgan fingerprint density at radius 2 is 2.21 bits per heavy atom. The van der Waals surface area contributed by atoms with Gasteiger partial charge in [0.1, 0.15) is 0 Å². The molecule has 0 bridgehead atoms. The van der Waals surface area contributed by atoms with E-state index in [-0.39, 0.29) is 6.04 Å². The average molecular weight is 193 g/mol. The number of carboxylic acid groups (broad SMARTS) is 1. The molecule has 1 aromatic carbocycles. The minimum atomic E-state index is -0.908. The number of hydrogen-bond acceptors (Lipinski definition) is 2. The second-order valence-corrected chi connectivity index (χ2v) is 3.39. The molecule has 0 aliphatic rings. The monoisotopic (exact) mass is 193 g/mol. The number of nitrogens with two attached hydrogens (primary N) is 1. The first-order valence-electron chi connectivity index (χ1n) is 4.65. The third-order valence-corrected chi connectivity index (χ3v) is 2.37. The van der Waals surface area contributed by atoms with Crippen LogP contribution in [0, 0.1) is 6.92 Å². The molecular formula is C11H15NO2. The average Bonchev–Trinajstić information content (AvgIpc) is 2.17. The molecule has 1 rings (SSSR count). The Labute approximate surface area is 83.6 Å². The summed E-state index contributed by atoms with van der Waals surface area (Å²) in [6.07, 6.45) is 0.809. The fourth-order valence-electron chi connectivity index (χ4n) is 1.39. The predicted octanol–water partition coefficient (Wildman–Crippen LogP) is 2.10. The normalized spacial score (nSPS) is 12.5. The van der Waals surface area contributed by atoms with Gasteiger partial charge in [0.25, 0.3) is 0 Å². The third kappa shape index (κ3) is 2.12. The number of hydrogen-bond donors (Lipinski definition) is 2. The van der Waals surface area contributed by atoms with Crippen molar-refractivity contribution >= 4 is 5.97 Å². The van der Waals surface area contributed by atoms with Crippen molar-refractivity contribution in [2.75, 3.05) is 0 Å². The largest absolute Gasteiger partial charge is 0.478 e. The summed E-state index contributed by atoms with van der Waals surface area (Å²) in [5.74, 6) is -0.908. The van der Waals surface area contributed by atoms with E-state index in [9.17, 15) is 4.79 Å². The van der Waals surface area contributed by atoms with Crippen molar-refractivity contribution in [3.05, 3.63) is 34.9 Å². The Balaban J connectivity index is 3.14. The van der Waals surface area contributed by atoms with Crippen molar-refractivity contribution in [3.63, 3.8) is 0 Å². The first kappa shape index (κ1) is 10.7. The molecule has 1 atom stereocenters. The number of benzene rings is 1. The maximum Gasteiger partial charge on any atom is 0.335 e. The minimum absolute atomic E-state index is 0.0747. The Morgan fingerprint density at radius 3 is 2.71 bits per heavy atom. The van der Waals surface area contributed by atoms with E-state index in [4.69, 9.17) is 10.8 Å². The summed E-state index contributed by atoms with van der Waals surface area (Å²) in [5.41, 5.74) is 8.14. The van der Waals surface area contributed by atoms with Gasteiger partial charge in [-0.15, -0.1) is 0 Å². The van der Waals surface area contributed by atoms with Crippen LogP contribution in [-0.2, 0) is 0 Å². The number of aryl methyl sites for hydroxylation is 1. The molecule has 0 aromatic heterocycles. The summed E-state index contributed by atoms with van der Waals surface area (Å²) in [6, 6.07) is 4.98. The van der Waals surface area contributed by atoms with Crippen LogP contribution in [0.25, 0.3) is 0 Å². The number of aromatic carboxylic acids is 1. The van der Waals surface area contributed by atoms with E-state index in [1.165, 1.54) is 0 Å². The molecule has 1 unspecified atom stereocenters. The highest BCUT2D eigenvalue weighted by Crippen LogP contribution is 2.19. The zero-order valence-electron chi connectivity index (χ0n) is 8.45. The molecule has 0 saturated carbocycles. The molecule has 14 heavy (non-hydrogen) atoms. The highest BCUT2D eigenvalue weighted by Gasteiger charge is 2.10. The van der Waals surface area contributed by atoms with Crippen LogP contribution in [0.5, 0.6) is 0 Å². The molecule has 3 N–H and O–H groups in total. The molecule has 0 saturated heterocycles. The van der Waals surface area contributed by atoms with Gasteiger partial charge < -0.3 is 10.8 Å². The van der Waals surface area contributed by atoms with E-state index in [0.717, 1.165) is 17.5 Å². The van der Waals surface area contributed by atoms with Crippen molar-refractivity contribution in [3.8, 4) is 0 Å². The van der Waals surface area contributed by atoms with Gasteiger partial charge in [0.15, 0.2) is 0 Å². The van der Waals surface area contributed by atoms with Crippen LogP contribution in [0.1, 0.15) is 40.9 Å². The Kier molecular flexibility index (Phi) is 3.25. The van der Waals surface area contributed by atoms with Crippen LogP contribution in [0.3, 0.4) is 0 Å². The SMILES string of the molecule is CCC(N)c1cc(C(=O)O)ccc1C. The van der Waals surface area contributed by atoms with Gasteiger partial charge in [0.05, 0.1) is 5.56 Å². The lowest BCUT2D eigenvalue weighted by Gasteiger charge is -2.13. The maximum atomic E-state index is 10.7. The third-order valence-electron chi connectivity index (χ3n) is 2.37. The van der Waals surface area contributed by atoms with E-state index in [1.54, 1.807) is 18.2 Å². The zero-order chi connectivity index (χ0) is 10.7. The molecule has 0 heterocycles. The Bertz CT molecular complexity index is 347. The van der Waals surface area contributed by atoms with Gasteiger partial charge in [-0.25, -0.2) is 4.79 Å². The van der Waals surface area contributed by atoms with Gasteiger partial charge in [-0.05, 0) is 36.6 Å². The summed E-state index contributed by atoms with van der Waals surface area (Å²) in [5, 5.41) is 8.81. The van der Waals surface area contributed by atoms with Gasteiger partial charge >= 0.3 is 5.97 Å². The smallest absolute Gasteiger partial charge is 0.335 e. The summed E-state index contributed by atoms with van der Waals surface area (Å²) in [6.45, 7) is 3.92. The molecular weight excluding hydrogens is 178 g/mol. The summed E-state index contributed by atoms with van der Waals surface area (Å²) in [4.78, 5) is 10.7. The second kappa shape index (κ2) is 4.24. The Hall–Kier alpha value is -1.35. The molecule has 3 heteroatoms. The van der Waals surface area contributed by atoms with E-state index in [0.29, 0.717) is 5.56 Å². The molecule has 0 spiro atoms. The summed E-state index contributed by atoms with van der Waals surface area (Å²) < 4.78 is 0. The quantitative estimate of drug-likeness (QED) is 0.772. The molecule has 0 aliphatic heterocycles. The minimum Gasteiger partial charge on any atom is -0.478 e. The molecule has 3 nitrogen and oxygen atoms in total. The van der Waals surface area contributed by atoms with E-state index < -0.39 is 5.97 Å². The van der Waals surface area contributed by atoms with Gasteiger partial charge in [-0.2, -0.15) is 0 Å². The summed E-state index contributed by atoms with van der Waals surface area (Å²) in [7, 11) is 0. The van der Waals surface area contributed by atoms with Crippen molar-refractivity contribution in [1.29, 1.82) is 0 Å². The highest BCUT2D eigenvalue weighted by atomic mass is 16.4. The molecule has 0 radical (unpaired) electrons. The van der Waals surface area contributed by atoms with Crippen molar-refractivity contribution in [2.45, 2.75) is 26.3 Å². The summed E-state index contributed by atoms with van der Waals surface area (Å²) >= 11 is 0. The van der Waals surface area contributed by atoms with E-state index in [2.05, 4.69) is 0 Å². The van der Waals surface area contributed by atoms with E-state index >= 15 is 0 Å². The van der Waals surface area contributed by atoms with Gasteiger partial charge in [0.2, 0.25) is 0 Å². The second-order valence-electron chi connectivity index (χ2n) is 3.39. The fourth-order valence-corrected chi connectivity index (χ4v) is 1.39. The van der Waals surface area contributed by atoms with E-state index in [1.807, 2.05) is 13.8 Å². The first-order valence-corrected chi connectivity index (χ1v) is 4.65. The van der Waals surface area contributed by atoms with Crippen LogP contribution >= 0.6 is 0 Å². The van der Waals surface area contributed by atoms with Gasteiger partial charge in [-0.1, -0.05) is 13.0 Å². The lowest BCUT2D eigenvalue weighted by molar-refractivity contribution is 0.0696. The first-order chi connectivity index (χ1) is 6.56. The standard InChI is InChI=1S/C11H15NO2/c1-3-10(12)9-6-8(11(13)14)5-4-7(9)2/h4-6,10H,3,12H2,1-2H3,(H,13,14). The fraction of sp³-hybridized carbons (Fsp3) is 0.364. The molecule has 0 aliphatic carbocycles. The topological polar surface area (TPSA) is 63.3 Å². The Morgan fingerprint density at radius 1 is 1.57 bits per heavy atom. The molecule has 76 valence electrons. The van der Waals surface area contributed by atoms with Crippen molar-refractivity contribution in [2.24, 2.45) is 5.73 Å². The number of carbonyl (C=O) groups is 1. The van der Waals surface area contributed by atoms with Crippen molar-refractivity contribution < 1.29 is 9.90 Å². The molecule has 0 amide bonds. The van der Waals surface area contributed by atoms with Gasteiger partial charge in [-0.3, -0.25) is 0 Å². The molecule has 0 fully saturated rings.